The van der Waals surface area contributed by atoms with Gasteiger partial charge in [0.25, 0.3) is 0 Å². The van der Waals surface area contributed by atoms with Crippen LogP contribution in [0.2, 0.25) is 5.02 Å². The molecule has 3 aromatic rings. The summed E-state index contributed by atoms with van der Waals surface area (Å²) in [6, 6.07) is 5.07. The molecule has 9 heteroatoms. The van der Waals surface area contributed by atoms with Gasteiger partial charge in [-0.15, -0.1) is 10.2 Å². The number of nitrogens with zero attached hydrogens (tertiary/aromatic N) is 3. The third-order valence-electron chi connectivity index (χ3n) is 3.60. The van der Waals surface area contributed by atoms with E-state index in [0.717, 1.165) is 0 Å². The smallest absolute Gasteiger partial charge is 0.192 e. The highest BCUT2D eigenvalue weighted by molar-refractivity contribution is 6.30. The maximum absolute atomic E-state index is 6.09. The zero-order chi connectivity index (χ0) is 18.0. The number of H-pyrrole nitrogens is 1. The van der Waals surface area contributed by atoms with Crippen LogP contribution in [-0.4, -0.2) is 31.3 Å². The van der Waals surface area contributed by atoms with E-state index in [1.54, 1.807) is 25.3 Å². The van der Waals surface area contributed by atoms with Crippen molar-refractivity contribution in [2.45, 2.75) is 0 Å². The topological polar surface area (TPSA) is 107 Å². The lowest BCUT2D eigenvalue weighted by Crippen LogP contribution is -1.98. The van der Waals surface area contributed by atoms with Crippen molar-refractivity contribution in [3.63, 3.8) is 0 Å². The van der Waals surface area contributed by atoms with Crippen LogP contribution in [0.15, 0.2) is 34.8 Å². The van der Waals surface area contributed by atoms with Gasteiger partial charge >= 0.3 is 0 Å². The summed E-state index contributed by atoms with van der Waals surface area (Å²) in [7, 11) is 4.54. The molecule has 0 saturated heterocycles. The van der Waals surface area contributed by atoms with Crippen LogP contribution in [0.3, 0.4) is 0 Å². The van der Waals surface area contributed by atoms with Crippen molar-refractivity contribution in [2.24, 2.45) is 10.2 Å². The molecule has 0 aliphatic rings. The molecule has 0 spiro atoms. The molecule has 3 N–H and O–H groups in total. The number of anilines is 1. The monoisotopic (exact) mass is 361 g/mol. The van der Waals surface area contributed by atoms with Gasteiger partial charge < -0.3 is 24.9 Å². The third-order valence-corrected chi connectivity index (χ3v) is 3.84. The number of benzene rings is 2. The number of nitrogens with one attached hydrogen (secondary N) is 1. The first-order valence-electron chi connectivity index (χ1n) is 7.22. The molecule has 0 radical (unpaired) electrons. The maximum Gasteiger partial charge on any atom is 0.192 e. The molecule has 3 rings (SSSR count). The molecule has 8 nitrogen and oxygen atoms in total. The van der Waals surface area contributed by atoms with E-state index < -0.39 is 0 Å². The SMILES string of the molecule is COc1ccc(Cl)cc1N=Nc1c(OC)c(OC)c(N)c2nc[nH]c12. The standard InChI is InChI=1S/C16H16ClN5O3/c1-23-10-5-4-8(17)6-9(10)21-22-14-13-12(19-7-20-13)11(18)15(24-2)16(14)25-3/h4-7H,18H2,1-3H3,(H,19,20). The Bertz CT molecular complexity index is 955. The Kier molecular flexibility index (Phi) is 4.62. The Labute approximate surface area is 148 Å². The van der Waals surface area contributed by atoms with E-state index in [9.17, 15) is 0 Å². The molecule has 2 aromatic carbocycles. The lowest BCUT2D eigenvalue weighted by molar-refractivity contribution is 0.358. The van der Waals surface area contributed by atoms with Gasteiger partial charge in [-0.05, 0) is 18.2 Å². The van der Waals surface area contributed by atoms with Crippen molar-refractivity contribution in [3.8, 4) is 17.2 Å². The van der Waals surface area contributed by atoms with Crippen molar-refractivity contribution in [1.82, 2.24) is 9.97 Å². The van der Waals surface area contributed by atoms with Gasteiger partial charge in [-0.25, -0.2) is 4.98 Å². The van der Waals surface area contributed by atoms with Gasteiger partial charge in [-0.1, -0.05) is 11.6 Å². The molecular weight excluding hydrogens is 346 g/mol. The summed E-state index contributed by atoms with van der Waals surface area (Å²) in [5.74, 6) is 1.23. The number of hydrogen-bond acceptors (Lipinski definition) is 7. The molecule has 0 aliphatic heterocycles. The number of nitrogens with two attached hydrogens (primary N) is 1. The van der Waals surface area contributed by atoms with Crippen LogP contribution >= 0.6 is 11.6 Å². The number of hydrogen-bond donors (Lipinski definition) is 2. The van der Waals surface area contributed by atoms with E-state index in [4.69, 9.17) is 31.5 Å². The lowest BCUT2D eigenvalue weighted by atomic mass is 10.2. The normalized spacial score (nSPS) is 11.2. The first-order chi connectivity index (χ1) is 12.1. The second-order valence-electron chi connectivity index (χ2n) is 4.97. The Morgan fingerprint density at radius 2 is 1.84 bits per heavy atom. The number of imidazole rings is 1. The van der Waals surface area contributed by atoms with Gasteiger partial charge in [-0.3, -0.25) is 0 Å². The summed E-state index contributed by atoms with van der Waals surface area (Å²) < 4.78 is 16.1. The van der Waals surface area contributed by atoms with Crippen LogP contribution in [0.4, 0.5) is 17.1 Å². The van der Waals surface area contributed by atoms with Crippen LogP contribution in [0.1, 0.15) is 0 Å². The van der Waals surface area contributed by atoms with Gasteiger partial charge in [0.2, 0.25) is 0 Å². The van der Waals surface area contributed by atoms with Gasteiger partial charge in [0.1, 0.15) is 22.6 Å². The average molecular weight is 362 g/mol. The van der Waals surface area contributed by atoms with Crippen LogP contribution in [-0.2, 0) is 0 Å². The Balaban J connectivity index is 2.21. The molecule has 25 heavy (non-hydrogen) atoms. The quantitative estimate of drug-likeness (QED) is 0.522. The fourth-order valence-electron chi connectivity index (χ4n) is 2.46. The minimum absolute atomic E-state index is 0.342. The highest BCUT2D eigenvalue weighted by atomic mass is 35.5. The van der Waals surface area contributed by atoms with Crippen molar-refractivity contribution < 1.29 is 14.2 Å². The van der Waals surface area contributed by atoms with E-state index >= 15 is 0 Å². The Morgan fingerprint density at radius 3 is 2.52 bits per heavy atom. The number of ether oxygens (including phenoxy) is 3. The number of rotatable bonds is 5. The number of aromatic nitrogens is 2. The first kappa shape index (κ1) is 16.8. The lowest BCUT2D eigenvalue weighted by Gasteiger charge is -2.13. The summed E-state index contributed by atoms with van der Waals surface area (Å²) in [5.41, 5.74) is 8.43. The van der Waals surface area contributed by atoms with E-state index in [1.807, 2.05) is 0 Å². The fourth-order valence-corrected chi connectivity index (χ4v) is 2.63. The van der Waals surface area contributed by atoms with Gasteiger partial charge in [0.15, 0.2) is 17.2 Å². The van der Waals surface area contributed by atoms with Crippen molar-refractivity contribution in [1.29, 1.82) is 0 Å². The van der Waals surface area contributed by atoms with Gasteiger partial charge in [0.05, 0.1) is 33.2 Å². The summed E-state index contributed by atoms with van der Waals surface area (Å²) in [4.78, 5) is 7.20. The van der Waals surface area contributed by atoms with Crippen molar-refractivity contribution in [2.75, 3.05) is 27.1 Å². The molecule has 0 amide bonds. The molecule has 0 unspecified atom stereocenters. The molecule has 0 atom stereocenters. The highest BCUT2D eigenvalue weighted by Gasteiger charge is 2.21. The van der Waals surface area contributed by atoms with Gasteiger partial charge in [0, 0.05) is 5.02 Å². The minimum atomic E-state index is 0.342. The second kappa shape index (κ2) is 6.86. The molecule has 0 fully saturated rings. The summed E-state index contributed by atoms with van der Waals surface area (Å²) in [6.07, 6.45) is 1.51. The van der Waals surface area contributed by atoms with Crippen LogP contribution < -0.4 is 19.9 Å². The largest absolute Gasteiger partial charge is 0.494 e. The highest BCUT2D eigenvalue weighted by Crippen LogP contribution is 2.47. The summed E-state index contributed by atoms with van der Waals surface area (Å²) in [6.45, 7) is 0. The van der Waals surface area contributed by atoms with Crippen molar-refractivity contribution >= 4 is 39.7 Å². The summed E-state index contributed by atoms with van der Waals surface area (Å²) in [5, 5.41) is 9.06. The number of fused-ring (bicyclic) bond motifs is 1. The van der Waals surface area contributed by atoms with Gasteiger partial charge in [-0.2, -0.15) is 0 Å². The molecule has 1 aromatic heterocycles. The van der Waals surface area contributed by atoms with Crippen molar-refractivity contribution in [3.05, 3.63) is 29.5 Å². The molecule has 0 saturated carbocycles. The number of methoxy groups -OCH3 is 3. The van der Waals surface area contributed by atoms with E-state index in [2.05, 4.69) is 20.2 Å². The van der Waals surface area contributed by atoms with Crippen LogP contribution in [0.25, 0.3) is 11.0 Å². The second-order valence-corrected chi connectivity index (χ2v) is 5.41. The number of halogens is 1. The predicted molar refractivity (Wildman–Crippen MR) is 95.8 cm³/mol. The molecular formula is C16H16ClN5O3. The third kappa shape index (κ3) is 2.91. The Morgan fingerprint density at radius 1 is 1.08 bits per heavy atom. The summed E-state index contributed by atoms with van der Waals surface area (Å²) >= 11 is 6.03. The van der Waals surface area contributed by atoms with E-state index in [0.29, 0.717) is 50.4 Å². The van der Waals surface area contributed by atoms with E-state index in [-0.39, 0.29) is 0 Å². The predicted octanol–water partition coefficient (Wildman–Crippen LogP) is 4.24. The molecule has 0 aliphatic carbocycles. The van der Waals surface area contributed by atoms with Crippen LogP contribution in [0.5, 0.6) is 17.2 Å². The number of aromatic amines is 1. The van der Waals surface area contributed by atoms with E-state index in [1.165, 1.54) is 20.5 Å². The van der Waals surface area contributed by atoms with Crippen LogP contribution in [0, 0.1) is 0 Å². The zero-order valence-corrected chi connectivity index (χ0v) is 14.6. The zero-order valence-electron chi connectivity index (χ0n) is 13.8. The maximum atomic E-state index is 6.09. The number of azo groups is 1. The average Bonchev–Trinajstić information content (AvgIpc) is 3.10. The molecule has 130 valence electrons. The number of nitrogen functional groups attached to an aromatic ring is 1. The minimum Gasteiger partial charge on any atom is -0.494 e. The fraction of sp³-hybridized carbons (Fsp3) is 0.188. The first-order valence-corrected chi connectivity index (χ1v) is 7.60. The molecule has 1 heterocycles. The molecule has 0 bridgehead atoms. The Hall–Kier alpha value is -3.00.